The molecular formula is C13H24N2O. The molecule has 92 valence electrons. The average molecular weight is 224 g/mol. The second-order valence-corrected chi connectivity index (χ2v) is 5.47. The molecule has 16 heavy (non-hydrogen) atoms. The van der Waals surface area contributed by atoms with E-state index in [1.165, 1.54) is 38.5 Å². The summed E-state index contributed by atoms with van der Waals surface area (Å²) in [5, 5.41) is 6.44. The van der Waals surface area contributed by atoms with Crippen LogP contribution in [0.5, 0.6) is 0 Å². The largest absolute Gasteiger partial charge is 0.353 e. The highest BCUT2D eigenvalue weighted by atomic mass is 16.2. The molecule has 2 saturated carbocycles. The van der Waals surface area contributed by atoms with Gasteiger partial charge in [-0.15, -0.1) is 0 Å². The normalized spacial score (nSPS) is 24.8. The molecule has 2 N–H and O–H groups in total. The van der Waals surface area contributed by atoms with Gasteiger partial charge in [0.15, 0.2) is 0 Å². The number of nitrogens with one attached hydrogen (secondary N) is 2. The SMILES string of the molecule is CNCC1(C(=O)NC2CCCCC2)CCC1. The Labute approximate surface area is 98.4 Å². The van der Waals surface area contributed by atoms with Crippen LogP contribution in [0, 0.1) is 5.41 Å². The van der Waals surface area contributed by atoms with Crippen molar-refractivity contribution in [1.82, 2.24) is 10.6 Å². The van der Waals surface area contributed by atoms with E-state index in [2.05, 4.69) is 10.6 Å². The molecule has 0 bridgehead atoms. The van der Waals surface area contributed by atoms with E-state index >= 15 is 0 Å². The Morgan fingerprint density at radius 1 is 1.19 bits per heavy atom. The van der Waals surface area contributed by atoms with E-state index in [1.54, 1.807) is 0 Å². The van der Waals surface area contributed by atoms with Gasteiger partial charge in [-0.05, 0) is 32.7 Å². The second kappa shape index (κ2) is 5.17. The summed E-state index contributed by atoms with van der Waals surface area (Å²) < 4.78 is 0. The fourth-order valence-corrected chi connectivity index (χ4v) is 3.01. The first-order chi connectivity index (χ1) is 7.77. The highest BCUT2D eigenvalue weighted by Crippen LogP contribution is 2.40. The maximum atomic E-state index is 12.3. The Morgan fingerprint density at radius 2 is 1.88 bits per heavy atom. The maximum Gasteiger partial charge on any atom is 0.227 e. The van der Waals surface area contributed by atoms with Gasteiger partial charge in [0.25, 0.3) is 0 Å². The van der Waals surface area contributed by atoms with E-state index in [0.29, 0.717) is 11.9 Å². The summed E-state index contributed by atoms with van der Waals surface area (Å²) in [6.45, 7) is 0.839. The third-order valence-electron chi connectivity index (χ3n) is 4.25. The topological polar surface area (TPSA) is 41.1 Å². The zero-order chi connectivity index (χ0) is 11.4. The number of carbonyl (C=O) groups excluding carboxylic acids is 1. The van der Waals surface area contributed by atoms with E-state index in [4.69, 9.17) is 0 Å². The lowest BCUT2D eigenvalue weighted by molar-refractivity contribution is -0.136. The first kappa shape index (κ1) is 11.9. The van der Waals surface area contributed by atoms with Crippen LogP contribution >= 0.6 is 0 Å². The molecule has 0 radical (unpaired) electrons. The van der Waals surface area contributed by atoms with E-state index in [0.717, 1.165) is 19.4 Å². The molecule has 0 aromatic heterocycles. The van der Waals surface area contributed by atoms with Crippen molar-refractivity contribution in [3.05, 3.63) is 0 Å². The number of hydrogen-bond donors (Lipinski definition) is 2. The van der Waals surface area contributed by atoms with Gasteiger partial charge in [0, 0.05) is 12.6 Å². The molecule has 2 rings (SSSR count). The standard InChI is InChI=1S/C13H24N2O/c1-14-10-13(8-5-9-13)12(16)15-11-6-3-2-4-7-11/h11,14H,2-10H2,1H3,(H,15,16). The van der Waals surface area contributed by atoms with Gasteiger partial charge in [0.2, 0.25) is 5.91 Å². The molecule has 2 aliphatic carbocycles. The van der Waals surface area contributed by atoms with Gasteiger partial charge in [-0.25, -0.2) is 0 Å². The van der Waals surface area contributed by atoms with Gasteiger partial charge in [-0.3, -0.25) is 4.79 Å². The molecule has 0 spiro atoms. The molecule has 0 unspecified atom stereocenters. The molecule has 0 aromatic rings. The van der Waals surface area contributed by atoms with Gasteiger partial charge in [-0.2, -0.15) is 0 Å². The highest BCUT2D eigenvalue weighted by molar-refractivity contribution is 5.84. The lowest BCUT2D eigenvalue weighted by Crippen LogP contribution is -2.53. The summed E-state index contributed by atoms with van der Waals surface area (Å²) in [6.07, 6.45) is 9.60. The van der Waals surface area contributed by atoms with Crippen molar-refractivity contribution in [3.8, 4) is 0 Å². The van der Waals surface area contributed by atoms with Crippen molar-refractivity contribution >= 4 is 5.91 Å². The lowest BCUT2D eigenvalue weighted by Gasteiger charge is -2.41. The number of amides is 1. The molecule has 0 saturated heterocycles. The molecule has 1 amide bonds. The van der Waals surface area contributed by atoms with Crippen LogP contribution in [0.3, 0.4) is 0 Å². The van der Waals surface area contributed by atoms with Crippen LogP contribution in [-0.4, -0.2) is 25.5 Å². The Hall–Kier alpha value is -0.570. The van der Waals surface area contributed by atoms with Gasteiger partial charge < -0.3 is 10.6 Å². The fourth-order valence-electron chi connectivity index (χ4n) is 3.01. The first-order valence-electron chi connectivity index (χ1n) is 6.72. The Kier molecular flexibility index (Phi) is 3.85. The van der Waals surface area contributed by atoms with E-state index in [1.807, 2.05) is 7.05 Å². The van der Waals surface area contributed by atoms with Crippen LogP contribution in [0.15, 0.2) is 0 Å². The molecule has 3 nitrogen and oxygen atoms in total. The third kappa shape index (κ3) is 2.40. The van der Waals surface area contributed by atoms with E-state index in [-0.39, 0.29) is 5.41 Å². The minimum Gasteiger partial charge on any atom is -0.353 e. The summed E-state index contributed by atoms with van der Waals surface area (Å²) in [5.41, 5.74) is -0.0772. The number of hydrogen-bond acceptors (Lipinski definition) is 2. The smallest absolute Gasteiger partial charge is 0.227 e. The summed E-state index contributed by atoms with van der Waals surface area (Å²) in [5.74, 6) is 0.306. The Balaban J connectivity index is 1.85. The van der Waals surface area contributed by atoms with Crippen LogP contribution in [0.4, 0.5) is 0 Å². The summed E-state index contributed by atoms with van der Waals surface area (Å²) in [4.78, 5) is 12.3. The molecule has 2 fully saturated rings. The fraction of sp³-hybridized carbons (Fsp3) is 0.923. The predicted molar refractivity (Wildman–Crippen MR) is 65.2 cm³/mol. The average Bonchev–Trinajstić information content (AvgIpc) is 2.24. The van der Waals surface area contributed by atoms with Gasteiger partial charge in [-0.1, -0.05) is 25.7 Å². The van der Waals surface area contributed by atoms with Gasteiger partial charge in [0.05, 0.1) is 5.41 Å². The van der Waals surface area contributed by atoms with Crippen LogP contribution in [0.1, 0.15) is 51.4 Å². The van der Waals surface area contributed by atoms with Crippen molar-refractivity contribution in [2.24, 2.45) is 5.41 Å². The maximum absolute atomic E-state index is 12.3. The monoisotopic (exact) mass is 224 g/mol. The minimum absolute atomic E-state index is 0.0772. The van der Waals surface area contributed by atoms with Crippen molar-refractivity contribution in [1.29, 1.82) is 0 Å². The molecule has 0 aromatic carbocycles. The van der Waals surface area contributed by atoms with Crippen molar-refractivity contribution in [2.45, 2.75) is 57.4 Å². The minimum atomic E-state index is -0.0772. The van der Waals surface area contributed by atoms with Crippen LogP contribution in [0.25, 0.3) is 0 Å². The summed E-state index contributed by atoms with van der Waals surface area (Å²) in [7, 11) is 1.94. The predicted octanol–water partition coefficient (Wildman–Crippen LogP) is 1.82. The summed E-state index contributed by atoms with van der Waals surface area (Å²) >= 11 is 0. The lowest BCUT2D eigenvalue weighted by atomic mass is 9.67. The van der Waals surface area contributed by atoms with Crippen LogP contribution in [0.2, 0.25) is 0 Å². The highest BCUT2D eigenvalue weighted by Gasteiger charge is 2.43. The van der Waals surface area contributed by atoms with Gasteiger partial charge >= 0.3 is 0 Å². The van der Waals surface area contributed by atoms with Crippen molar-refractivity contribution in [2.75, 3.05) is 13.6 Å². The Morgan fingerprint density at radius 3 is 2.38 bits per heavy atom. The van der Waals surface area contributed by atoms with Crippen LogP contribution < -0.4 is 10.6 Å². The molecule has 0 atom stereocenters. The Bertz CT molecular complexity index is 242. The molecule has 0 aliphatic heterocycles. The van der Waals surface area contributed by atoms with Gasteiger partial charge in [0.1, 0.15) is 0 Å². The third-order valence-corrected chi connectivity index (χ3v) is 4.25. The molecule has 3 heteroatoms. The van der Waals surface area contributed by atoms with Crippen LogP contribution in [-0.2, 0) is 4.79 Å². The molecule has 0 heterocycles. The number of carbonyl (C=O) groups is 1. The van der Waals surface area contributed by atoms with E-state index < -0.39 is 0 Å². The number of rotatable bonds is 4. The molecular weight excluding hydrogens is 200 g/mol. The zero-order valence-electron chi connectivity index (χ0n) is 10.3. The second-order valence-electron chi connectivity index (χ2n) is 5.47. The van der Waals surface area contributed by atoms with Crippen molar-refractivity contribution < 1.29 is 4.79 Å². The molecule has 2 aliphatic rings. The van der Waals surface area contributed by atoms with Crippen molar-refractivity contribution in [3.63, 3.8) is 0 Å². The first-order valence-corrected chi connectivity index (χ1v) is 6.72. The quantitative estimate of drug-likeness (QED) is 0.765. The zero-order valence-corrected chi connectivity index (χ0v) is 10.3. The summed E-state index contributed by atoms with van der Waals surface area (Å²) in [6, 6.07) is 0.454. The van der Waals surface area contributed by atoms with E-state index in [9.17, 15) is 4.79 Å².